The number of ether oxygens (including phenoxy) is 1. The molecule has 32 heavy (non-hydrogen) atoms. The second-order valence-corrected chi connectivity index (χ2v) is 9.42. The average molecular weight is 460 g/mol. The molecule has 172 valence electrons. The lowest BCUT2D eigenvalue weighted by molar-refractivity contribution is -0.126. The van der Waals surface area contributed by atoms with Crippen LogP contribution in [0.2, 0.25) is 0 Å². The molecule has 1 fully saturated rings. The van der Waals surface area contributed by atoms with E-state index in [0.29, 0.717) is 36.6 Å². The molecule has 3 rings (SSSR count). The topological polar surface area (TPSA) is 105 Å². The van der Waals surface area contributed by atoms with Crippen LogP contribution in [0.4, 0.5) is 5.69 Å². The Kier molecular flexibility index (Phi) is 7.74. The molecule has 2 amide bonds. The van der Waals surface area contributed by atoms with Crippen molar-refractivity contribution >= 4 is 27.5 Å². The quantitative estimate of drug-likeness (QED) is 0.632. The minimum absolute atomic E-state index is 0.00682. The lowest BCUT2D eigenvalue weighted by atomic mass is 9.96. The van der Waals surface area contributed by atoms with Crippen LogP contribution in [0, 0.1) is 5.92 Å². The summed E-state index contributed by atoms with van der Waals surface area (Å²) in [4.78, 5) is 27.0. The number of anilines is 1. The van der Waals surface area contributed by atoms with Gasteiger partial charge in [-0.05, 0) is 67.8 Å². The summed E-state index contributed by atoms with van der Waals surface area (Å²) in [5.41, 5.74) is 0.805. The first-order valence-corrected chi connectivity index (χ1v) is 12.2. The van der Waals surface area contributed by atoms with Crippen LogP contribution in [-0.2, 0) is 14.8 Å². The number of hydrogen-bond acceptors (Lipinski definition) is 5. The highest BCUT2D eigenvalue weighted by Gasteiger charge is 2.28. The van der Waals surface area contributed by atoms with E-state index in [1.807, 2.05) is 6.92 Å². The number of benzene rings is 2. The molecule has 2 aromatic carbocycles. The third-order valence-electron chi connectivity index (χ3n) is 5.38. The van der Waals surface area contributed by atoms with Gasteiger partial charge in [-0.25, -0.2) is 8.42 Å². The Morgan fingerprint density at radius 2 is 1.78 bits per heavy atom. The molecule has 2 aromatic rings. The third kappa shape index (κ3) is 5.79. The van der Waals surface area contributed by atoms with E-state index >= 15 is 0 Å². The van der Waals surface area contributed by atoms with E-state index in [1.54, 1.807) is 41.3 Å². The first kappa shape index (κ1) is 23.6. The smallest absolute Gasteiger partial charge is 0.261 e. The average Bonchev–Trinajstić information content (AvgIpc) is 2.82. The third-order valence-corrected chi connectivity index (χ3v) is 6.78. The van der Waals surface area contributed by atoms with Crippen LogP contribution < -0.4 is 14.8 Å². The van der Waals surface area contributed by atoms with Gasteiger partial charge in [0.25, 0.3) is 15.9 Å². The molecule has 0 radical (unpaired) electrons. The summed E-state index contributed by atoms with van der Waals surface area (Å²) in [6.45, 7) is 3.62. The Morgan fingerprint density at radius 1 is 1.09 bits per heavy atom. The van der Waals surface area contributed by atoms with Crippen molar-refractivity contribution in [3.05, 3.63) is 54.1 Å². The normalized spacial score (nSPS) is 16.3. The maximum absolute atomic E-state index is 12.9. The van der Waals surface area contributed by atoms with Crippen molar-refractivity contribution in [1.82, 2.24) is 10.2 Å². The predicted molar refractivity (Wildman–Crippen MR) is 122 cm³/mol. The second-order valence-electron chi connectivity index (χ2n) is 7.74. The zero-order valence-electron chi connectivity index (χ0n) is 18.3. The predicted octanol–water partition coefficient (Wildman–Crippen LogP) is 2.87. The van der Waals surface area contributed by atoms with Gasteiger partial charge >= 0.3 is 0 Å². The molecule has 1 aliphatic heterocycles. The van der Waals surface area contributed by atoms with Gasteiger partial charge in [0.1, 0.15) is 5.75 Å². The Bertz CT molecular complexity index is 1040. The SMILES string of the molecule is CCCNC(=O)C1CCCN(C(=O)c2ccc(NS(=O)(=O)c3ccc(OC)cc3)cc2)C1. The molecule has 0 aromatic heterocycles. The highest BCUT2D eigenvalue weighted by atomic mass is 32.2. The number of nitrogens with zero attached hydrogens (tertiary/aromatic N) is 1. The highest BCUT2D eigenvalue weighted by Crippen LogP contribution is 2.22. The van der Waals surface area contributed by atoms with E-state index in [1.165, 1.54) is 19.2 Å². The van der Waals surface area contributed by atoms with E-state index in [4.69, 9.17) is 4.74 Å². The van der Waals surface area contributed by atoms with Crippen molar-refractivity contribution < 1.29 is 22.7 Å². The lowest BCUT2D eigenvalue weighted by Crippen LogP contribution is -2.45. The summed E-state index contributed by atoms with van der Waals surface area (Å²) in [6, 6.07) is 12.4. The van der Waals surface area contributed by atoms with Gasteiger partial charge in [-0.1, -0.05) is 6.92 Å². The maximum Gasteiger partial charge on any atom is 0.261 e. The Balaban J connectivity index is 1.64. The second kappa shape index (κ2) is 10.5. The number of nitrogens with one attached hydrogen (secondary N) is 2. The first-order chi connectivity index (χ1) is 15.3. The van der Waals surface area contributed by atoms with Gasteiger partial charge < -0.3 is 15.0 Å². The van der Waals surface area contributed by atoms with Crippen molar-refractivity contribution in [3.8, 4) is 5.75 Å². The van der Waals surface area contributed by atoms with Crippen LogP contribution in [0.3, 0.4) is 0 Å². The molecule has 0 saturated carbocycles. The molecule has 0 aliphatic carbocycles. The van der Waals surface area contributed by atoms with Gasteiger partial charge in [-0.3, -0.25) is 14.3 Å². The number of amides is 2. The zero-order valence-corrected chi connectivity index (χ0v) is 19.2. The van der Waals surface area contributed by atoms with Crippen molar-refractivity contribution in [2.24, 2.45) is 5.92 Å². The molecule has 0 bridgehead atoms. The van der Waals surface area contributed by atoms with E-state index in [9.17, 15) is 18.0 Å². The van der Waals surface area contributed by atoms with Crippen molar-refractivity contribution in [2.75, 3.05) is 31.5 Å². The molecule has 1 unspecified atom stereocenters. The van der Waals surface area contributed by atoms with Crippen LogP contribution in [0.1, 0.15) is 36.5 Å². The van der Waals surface area contributed by atoms with Gasteiger partial charge in [-0.2, -0.15) is 0 Å². The Labute approximate surface area is 189 Å². The summed E-state index contributed by atoms with van der Waals surface area (Å²) < 4.78 is 32.7. The monoisotopic (exact) mass is 459 g/mol. The minimum Gasteiger partial charge on any atom is -0.497 e. The number of hydrogen-bond donors (Lipinski definition) is 2. The number of methoxy groups -OCH3 is 1. The molecule has 0 spiro atoms. The van der Waals surface area contributed by atoms with E-state index < -0.39 is 10.0 Å². The fraction of sp³-hybridized carbons (Fsp3) is 0.391. The van der Waals surface area contributed by atoms with Crippen LogP contribution in [0.15, 0.2) is 53.4 Å². The van der Waals surface area contributed by atoms with Gasteiger partial charge in [0.05, 0.1) is 17.9 Å². The fourth-order valence-electron chi connectivity index (χ4n) is 3.60. The standard InChI is InChI=1S/C23H29N3O5S/c1-3-14-24-22(27)18-5-4-15-26(16-18)23(28)17-6-8-19(9-7-17)25-32(29,30)21-12-10-20(31-2)11-13-21/h6-13,18,25H,3-5,14-16H2,1-2H3,(H,24,27). The van der Waals surface area contributed by atoms with Gasteiger partial charge in [0, 0.05) is 30.9 Å². The number of carbonyl (C=O) groups excluding carboxylic acids is 2. The van der Waals surface area contributed by atoms with Crippen LogP contribution >= 0.6 is 0 Å². The minimum atomic E-state index is -3.76. The number of rotatable bonds is 8. The molecule has 1 aliphatic rings. The van der Waals surface area contributed by atoms with E-state index in [-0.39, 0.29) is 22.6 Å². The number of piperidine rings is 1. The summed E-state index contributed by atoms with van der Waals surface area (Å²) in [5, 5.41) is 2.90. The van der Waals surface area contributed by atoms with Gasteiger partial charge in [0.15, 0.2) is 0 Å². The van der Waals surface area contributed by atoms with Crippen LogP contribution in [0.5, 0.6) is 5.75 Å². The zero-order chi connectivity index (χ0) is 23.1. The molecular formula is C23H29N3O5S. The number of carbonyl (C=O) groups is 2. The lowest BCUT2D eigenvalue weighted by Gasteiger charge is -2.32. The highest BCUT2D eigenvalue weighted by molar-refractivity contribution is 7.92. The molecule has 8 nitrogen and oxygen atoms in total. The van der Waals surface area contributed by atoms with Crippen LogP contribution in [0.25, 0.3) is 0 Å². The molecule has 1 saturated heterocycles. The molecule has 9 heteroatoms. The fourth-order valence-corrected chi connectivity index (χ4v) is 4.66. The molecule has 1 heterocycles. The Morgan fingerprint density at radius 3 is 2.41 bits per heavy atom. The summed E-state index contributed by atoms with van der Waals surface area (Å²) in [7, 11) is -2.25. The van der Waals surface area contributed by atoms with Gasteiger partial charge in [-0.15, -0.1) is 0 Å². The van der Waals surface area contributed by atoms with Crippen LogP contribution in [-0.4, -0.2) is 51.9 Å². The summed E-state index contributed by atoms with van der Waals surface area (Å²) in [5.74, 6) is 0.194. The summed E-state index contributed by atoms with van der Waals surface area (Å²) in [6.07, 6.45) is 2.41. The number of sulfonamides is 1. The number of likely N-dealkylation sites (tertiary alicyclic amines) is 1. The van der Waals surface area contributed by atoms with Crippen molar-refractivity contribution in [3.63, 3.8) is 0 Å². The largest absolute Gasteiger partial charge is 0.497 e. The summed E-state index contributed by atoms with van der Waals surface area (Å²) >= 11 is 0. The van der Waals surface area contributed by atoms with E-state index in [0.717, 1.165) is 19.3 Å². The first-order valence-electron chi connectivity index (χ1n) is 10.7. The maximum atomic E-state index is 12.9. The van der Waals surface area contributed by atoms with Crippen molar-refractivity contribution in [2.45, 2.75) is 31.1 Å². The molecular weight excluding hydrogens is 430 g/mol. The molecule has 1 atom stereocenters. The van der Waals surface area contributed by atoms with Gasteiger partial charge in [0.2, 0.25) is 5.91 Å². The Hall–Kier alpha value is -3.07. The van der Waals surface area contributed by atoms with E-state index in [2.05, 4.69) is 10.0 Å². The van der Waals surface area contributed by atoms with Crippen molar-refractivity contribution in [1.29, 1.82) is 0 Å². The molecule has 2 N–H and O–H groups in total.